The smallest absolute Gasteiger partial charge is 0.180 e. The maximum Gasteiger partial charge on any atom is 0.180 e. The Hall–Kier alpha value is -2.28. The molecule has 0 bridgehead atoms. The number of hydrogen-bond donors (Lipinski definition) is 1. The van der Waals surface area contributed by atoms with Crippen LogP contribution in [0.5, 0.6) is 11.5 Å². The lowest BCUT2D eigenvalue weighted by molar-refractivity contribution is 0.284. The lowest BCUT2D eigenvalue weighted by Crippen LogP contribution is -2.16. The number of halogens is 3. The number of ether oxygens (including phenoxy) is 2. The van der Waals surface area contributed by atoms with Gasteiger partial charge in [-0.1, -0.05) is 23.7 Å². The van der Waals surface area contributed by atoms with Crippen LogP contribution in [0.4, 0.5) is 4.39 Å². The topological polar surface area (TPSA) is 48.3 Å². The summed E-state index contributed by atoms with van der Waals surface area (Å²) in [5.41, 5.74) is 1.86. The van der Waals surface area contributed by atoms with Crippen molar-refractivity contribution < 1.29 is 13.9 Å². The highest BCUT2D eigenvalue weighted by molar-refractivity contribution is 6.32. The Morgan fingerprint density at radius 3 is 2.66 bits per heavy atom. The predicted molar refractivity (Wildman–Crippen MR) is 115 cm³/mol. The first-order valence-corrected chi connectivity index (χ1v) is 9.43. The van der Waals surface area contributed by atoms with Gasteiger partial charge < -0.3 is 19.4 Å². The summed E-state index contributed by atoms with van der Waals surface area (Å²) in [5, 5.41) is 3.88. The molecule has 8 heteroatoms. The van der Waals surface area contributed by atoms with Gasteiger partial charge in [-0.15, -0.1) is 12.4 Å². The van der Waals surface area contributed by atoms with Crippen LogP contribution in [0.3, 0.4) is 0 Å². The molecule has 0 unspecified atom stereocenters. The minimum absolute atomic E-state index is 0. The molecule has 3 aromatic rings. The second-order valence-electron chi connectivity index (χ2n) is 6.36. The zero-order valence-corrected chi connectivity index (χ0v) is 17.7. The number of rotatable bonds is 10. The SMILES string of the molecule is COc1cc(CNCCCn2ccnc2)cc(Cl)c1OCc1ccc(F)cc1.Cl. The normalized spacial score (nSPS) is 10.4. The average Bonchev–Trinajstić information content (AvgIpc) is 3.21. The van der Waals surface area contributed by atoms with Crippen molar-refractivity contribution in [1.82, 2.24) is 14.9 Å². The standard InChI is InChI=1S/C21H23ClFN3O2.ClH/c1-27-20-12-17(13-24-7-2-9-26-10-8-25-15-26)11-19(22)21(20)28-14-16-3-5-18(23)6-4-16;/h3-6,8,10-12,15,24H,2,7,9,13-14H2,1H3;1H. The fraction of sp³-hybridized carbons (Fsp3) is 0.286. The van der Waals surface area contributed by atoms with Gasteiger partial charge in [0.2, 0.25) is 0 Å². The zero-order valence-electron chi connectivity index (χ0n) is 16.1. The van der Waals surface area contributed by atoms with E-state index >= 15 is 0 Å². The first-order valence-electron chi connectivity index (χ1n) is 9.06. The molecule has 0 aliphatic rings. The fourth-order valence-electron chi connectivity index (χ4n) is 2.79. The van der Waals surface area contributed by atoms with E-state index in [9.17, 15) is 4.39 Å². The summed E-state index contributed by atoms with van der Waals surface area (Å²) < 4.78 is 26.3. The molecule has 1 aromatic heterocycles. The molecule has 0 amide bonds. The van der Waals surface area contributed by atoms with Crippen molar-refractivity contribution >= 4 is 24.0 Å². The molecule has 0 saturated carbocycles. The summed E-state index contributed by atoms with van der Waals surface area (Å²) in [7, 11) is 1.58. The largest absolute Gasteiger partial charge is 0.493 e. The van der Waals surface area contributed by atoms with Crippen molar-refractivity contribution in [2.24, 2.45) is 0 Å². The number of imidazole rings is 1. The van der Waals surface area contributed by atoms with Crippen LogP contribution < -0.4 is 14.8 Å². The van der Waals surface area contributed by atoms with Gasteiger partial charge in [0.25, 0.3) is 0 Å². The van der Waals surface area contributed by atoms with Gasteiger partial charge in [-0.3, -0.25) is 0 Å². The van der Waals surface area contributed by atoms with E-state index in [2.05, 4.69) is 14.9 Å². The monoisotopic (exact) mass is 439 g/mol. The van der Waals surface area contributed by atoms with E-state index in [1.165, 1.54) is 12.1 Å². The van der Waals surface area contributed by atoms with Crippen molar-refractivity contribution in [3.63, 3.8) is 0 Å². The Bertz CT molecular complexity index is 874. The maximum atomic E-state index is 13.0. The molecule has 5 nitrogen and oxygen atoms in total. The summed E-state index contributed by atoms with van der Waals surface area (Å²) in [6, 6.07) is 9.94. The molecule has 3 rings (SSSR count). The molecule has 156 valence electrons. The molecular formula is C21H24Cl2FN3O2. The minimum Gasteiger partial charge on any atom is -0.493 e. The quantitative estimate of drug-likeness (QED) is 0.458. The van der Waals surface area contributed by atoms with E-state index in [4.69, 9.17) is 21.1 Å². The van der Waals surface area contributed by atoms with E-state index in [0.29, 0.717) is 23.1 Å². The number of nitrogens with zero attached hydrogens (tertiary/aromatic N) is 2. The highest BCUT2D eigenvalue weighted by Crippen LogP contribution is 2.37. The Labute approximate surface area is 181 Å². The molecular weight excluding hydrogens is 416 g/mol. The van der Waals surface area contributed by atoms with E-state index < -0.39 is 0 Å². The number of nitrogens with one attached hydrogen (secondary N) is 1. The van der Waals surface area contributed by atoms with Crippen LogP contribution in [-0.2, 0) is 19.7 Å². The van der Waals surface area contributed by atoms with Crippen LogP contribution in [0.1, 0.15) is 17.5 Å². The van der Waals surface area contributed by atoms with Crippen LogP contribution in [0.2, 0.25) is 5.02 Å². The van der Waals surface area contributed by atoms with Crippen LogP contribution in [-0.4, -0.2) is 23.2 Å². The van der Waals surface area contributed by atoms with E-state index in [0.717, 1.165) is 30.6 Å². The third-order valence-corrected chi connectivity index (χ3v) is 4.52. The van der Waals surface area contributed by atoms with Gasteiger partial charge >= 0.3 is 0 Å². The fourth-order valence-corrected chi connectivity index (χ4v) is 3.08. The highest BCUT2D eigenvalue weighted by Gasteiger charge is 2.12. The van der Waals surface area contributed by atoms with E-state index in [-0.39, 0.29) is 24.8 Å². The third kappa shape index (κ3) is 6.92. The molecule has 0 atom stereocenters. The van der Waals surface area contributed by atoms with Gasteiger partial charge in [0, 0.05) is 25.5 Å². The van der Waals surface area contributed by atoms with E-state index in [1.54, 1.807) is 25.4 Å². The third-order valence-electron chi connectivity index (χ3n) is 4.24. The van der Waals surface area contributed by atoms with Gasteiger partial charge in [0.1, 0.15) is 12.4 Å². The Kier molecular flexibility index (Phi) is 9.25. The molecule has 0 aliphatic heterocycles. The molecule has 2 aromatic carbocycles. The van der Waals surface area contributed by atoms with Crippen molar-refractivity contribution in [1.29, 1.82) is 0 Å². The summed E-state index contributed by atoms with van der Waals surface area (Å²) in [6.45, 7) is 2.76. The second kappa shape index (κ2) is 11.7. The molecule has 0 spiro atoms. The van der Waals surface area contributed by atoms with Crippen molar-refractivity contribution in [2.45, 2.75) is 26.1 Å². The van der Waals surface area contributed by atoms with Crippen LogP contribution in [0, 0.1) is 5.82 Å². The van der Waals surface area contributed by atoms with Crippen LogP contribution in [0.15, 0.2) is 55.1 Å². The Morgan fingerprint density at radius 1 is 1.17 bits per heavy atom. The predicted octanol–water partition coefficient (Wildman–Crippen LogP) is 4.86. The number of aromatic nitrogens is 2. The molecule has 0 aliphatic carbocycles. The van der Waals surface area contributed by atoms with Crippen molar-refractivity contribution in [3.05, 3.63) is 77.1 Å². The molecule has 1 N–H and O–H groups in total. The van der Waals surface area contributed by atoms with Crippen LogP contribution in [0.25, 0.3) is 0 Å². The van der Waals surface area contributed by atoms with Gasteiger partial charge in [-0.2, -0.15) is 0 Å². The second-order valence-corrected chi connectivity index (χ2v) is 6.76. The maximum absolute atomic E-state index is 13.0. The van der Waals surface area contributed by atoms with Crippen molar-refractivity contribution in [3.8, 4) is 11.5 Å². The van der Waals surface area contributed by atoms with Gasteiger partial charge in [0.15, 0.2) is 11.5 Å². The first-order chi connectivity index (χ1) is 13.7. The molecule has 0 saturated heterocycles. The average molecular weight is 440 g/mol. The molecule has 1 heterocycles. The number of benzene rings is 2. The molecule has 29 heavy (non-hydrogen) atoms. The van der Waals surface area contributed by atoms with Gasteiger partial charge in [-0.05, 0) is 48.4 Å². The zero-order chi connectivity index (χ0) is 19.8. The lowest BCUT2D eigenvalue weighted by Gasteiger charge is -2.15. The Morgan fingerprint density at radius 2 is 1.97 bits per heavy atom. The molecule has 0 radical (unpaired) electrons. The van der Waals surface area contributed by atoms with Crippen LogP contribution >= 0.6 is 24.0 Å². The summed E-state index contributed by atoms with van der Waals surface area (Å²) in [6.07, 6.45) is 6.55. The Balaban J connectivity index is 0.00000300. The highest BCUT2D eigenvalue weighted by atomic mass is 35.5. The number of hydrogen-bond acceptors (Lipinski definition) is 4. The van der Waals surface area contributed by atoms with Gasteiger partial charge in [-0.25, -0.2) is 9.37 Å². The number of aryl methyl sites for hydroxylation is 1. The minimum atomic E-state index is -0.277. The van der Waals surface area contributed by atoms with E-state index in [1.807, 2.05) is 24.7 Å². The van der Waals surface area contributed by atoms with Crippen molar-refractivity contribution in [2.75, 3.05) is 13.7 Å². The first kappa shape index (κ1) is 23.0. The summed E-state index contributed by atoms with van der Waals surface area (Å²) in [4.78, 5) is 4.03. The summed E-state index contributed by atoms with van der Waals surface area (Å²) >= 11 is 6.41. The summed E-state index contributed by atoms with van der Waals surface area (Å²) in [5.74, 6) is 0.781. The van der Waals surface area contributed by atoms with Gasteiger partial charge in [0.05, 0.1) is 18.5 Å². The number of methoxy groups -OCH3 is 1. The molecule has 0 fully saturated rings. The lowest BCUT2D eigenvalue weighted by atomic mass is 10.2.